The predicted molar refractivity (Wildman–Crippen MR) is 241 cm³/mol. The summed E-state index contributed by atoms with van der Waals surface area (Å²) in [5.41, 5.74) is 11.1. The first-order valence-electron chi connectivity index (χ1n) is 22.0. The maximum Gasteiger partial charge on any atom is 0.333 e. The number of allylic oxidation sites excluding steroid dienone is 7. The molecule has 0 saturated carbocycles. The standard InChI is InChI=1S/C52H64N3O5/c1-8-9-10-18-34-54-46-31-28-38(2)36-44(46)52(6,7)48(54)33-30-41-22-20-21-40(50(41)59-42-23-13-11-14-24-42)29-32-47-51(4,5)43-25-16-17-26-45(43)53(47)35-19-12-15-27-49(58)60-55(37-56)39(3)57/h11,13-14,16-17,23-26,28-33,36-37H,8-10,12,15,18-22,27,34-35H2,1-7H3/q+1. The number of carbonyl (C=O) groups is 3. The first-order chi connectivity index (χ1) is 28.9. The van der Waals surface area contributed by atoms with Crippen molar-refractivity contribution in [3.05, 3.63) is 136 Å². The molecule has 316 valence electrons. The fourth-order valence-corrected chi connectivity index (χ4v) is 8.96. The molecule has 0 radical (unpaired) electrons. The maximum absolute atomic E-state index is 12.3. The van der Waals surface area contributed by atoms with Crippen LogP contribution in [0.1, 0.15) is 129 Å². The molecule has 0 atom stereocenters. The number of hydrogen-bond acceptors (Lipinski definition) is 6. The summed E-state index contributed by atoms with van der Waals surface area (Å²) in [4.78, 5) is 42.3. The number of aryl methyl sites for hydroxylation is 1. The van der Waals surface area contributed by atoms with Gasteiger partial charge in [-0.2, -0.15) is 4.58 Å². The third kappa shape index (κ3) is 9.92. The second-order valence-electron chi connectivity index (χ2n) is 17.5. The summed E-state index contributed by atoms with van der Waals surface area (Å²) in [6, 6.07) is 25.7. The lowest BCUT2D eigenvalue weighted by molar-refractivity contribution is -0.438. The number of hydroxylamine groups is 2. The van der Waals surface area contributed by atoms with Crippen molar-refractivity contribution >= 4 is 35.4 Å². The Morgan fingerprint density at radius 2 is 1.58 bits per heavy atom. The van der Waals surface area contributed by atoms with Crippen molar-refractivity contribution in [3.63, 3.8) is 0 Å². The van der Waals surface area contributed by atoms with Crippen LogP contribution in [0.4, 0.5) is 11.4 Å². The molecule has 3 aliphatic rings. The van der Waals surface area contributed by atoms with Gasteiger partial charge >= 0.3 is 5.97 Å². The largest absolute Gasteiger partial charge is 0.457 e. The zero-order valence-corrected chi connectivity index (χ0v) is 36.9. The van der Waals surface area contributed by atoms with E-state index in [0.29, 0.717) is 11.5 Å². The normalized spacial score (nSPS) is 18.0. The molecule has 2 aliphatic heterocycles. The van der Waals surface area contributed by atoms with Gasteiger partial charge in [0.05, 0.1) is 5.41 Å². The van der Waals surface area contributed by atoms with Crippen LogP contribution in [0.3, 0.4) is 0 Å². The summed E-state index contributed by atoms with van der Waals surface area (Å²) in [5, 5.41) is 0.438. The Hall–Kier alpha value is -5.50. The highest BCUT2D eigenvalue weighted by atomic mass is 16.7. The summed E-state index contributed by atoms with van der Waals surface area (Å²) >= 11 is 0. The molecule has 3 aromatic rings. The number of fused-ring (bicyclic) bond motifs is 2. The minimum atomic E-state index is -0.633. The van der Waals surface area contributed by atoms with Crippen LogP contribution < -0.4 is 9.64 Å². The number of amides is 2. The summed E-state index contributed by atoms with van der Waals surface area (Å²) in [6.45, 7) is 16.7. The highest BCUT2D eigenvalue weighted by molar-refractivity contribution is 6.03. The average molecular weight is 811 g/mol. The molecule has 3 aromatic carbocycles. The number of unbranched alkanes of at least 4 members (excludes halogenated alkanes) is 5. The van der Waals surface area contributed by atoms with Crippen LogP contribution in [0.5, 0.6) is 5.75 Å². The zero-order chi connectivity index (χ0) is 42.9. The number of ether oxygens (including phenoxy) is 1. The molecule has 6 rings (SSSR count). The Kier molecular flexibility index (Phi) is 14.5. The smallest absolute Gasteiger partial charge is 0.333 e. The number of hydrogen-bond donors (Lipinski definition) is 0. The van der Waals surface area contributed by atoms with Gasteiger partial charge in [-0.3, -0.25) is 9.59 Å². The molecule has 0 N–H and O–H groups in total. The number of anilines is 1. The van der Waals surface area contributed by atoms with E-state index in [1.807, 2.05) is 30.3 Å². The fourth-order valence-electron chi connectivity index (χ4n) is 8.96. The summed E-state index contributed by atoms with van der Waals surface area (Å²) in [5.74, 6) is 0.536. The SMILES string of the molecule is CCCCCCN1/C(=C/C=C2\CCCC(/C=C/C3=[N+](CCCCCC(=O)ON(C=O)C(C)=O)c4ccccc4C3(C)C)=C2Oc2ccccc2)C(C)(C)c2cc(C)ccc21. The molecule has 2 heterocycles. The number of nitrogens with zero attached hydrogens (tertiary/aromatic N) is 3. The van der Waals surface area contributed by atoms with Gasteiger partial charge in [0.2, 0.25) is 5.69 Å². The zero-order valence-electron chi connectivity index (χ0n) is 36.9. The van der Waals surface area contributed by atoms with Crippen molar-refractivity contribution in [2.45, 2.75) is 130 Å². The van der Waals surface area contributed by atoms with Crippen molar-refractivity contribution in [1.29, 1.82) is 0 Å². The molecule has 1 aliphatic carbocycles. The van der Waals surface area contributed by atoms with Gasteiger partial charge in [-0.25, -0.2) is 4.79 Å². The first-order valence-corrected chi connectivity index (χ1v) is 22.0. The molecule has 0 fully saturated rings. The number of para-hydroxylation sites is 2. The third-order valence-corrected chi connectivity index (χ3v) is 12.3. The Morgan fingerprint density at radius 3 is 2.33 bits per heavy atom. The minimum absolute atomic E-state index is 0.127. The second kappa shape index (κ2) is 19.7. The van der Waals surface area contributed by atoms with Crippen LogP contribution in [-0.2, 0) is 30.1 Å². The Bertz CT molecular complexity index is 2210. The van der Waals surface area contributed by atoms with E-state index in [4.69, 9.17) is 9.57 Å². The van der Waals surface area contributed by atoms with Crippen molar-refractivity contribution in [2.75, 3.05) is 18.0 Å². The molecule has 0 saturated heterocycles. The van der Waals surface area contributed by atoms with Gasteiger partial charge < -0.3 is 14.5 Å². The van der Waals surface area contributed by atoms with Crippen LogP contribution in [0.25, 0.3) is 0 Å². The minimum Gasteiger partial charge on any atom is -0.457 e. The van der Waals surface area contributed by atoms with E-state index >= 15 is 0 Å². The van der Waals surface area contributed by atoms with E-state index in [2.05, 4.69) is 118 Å². The van der Waals surface area contributed by atoms with Gasteiger partial charge in [0.25, 0.3) is 12.3 Å². The molecular formula is C52H64N3O5+. The Balaban J connectivity index is 1.32. The van der Waals surface area contributed by atoms with Crippen LogP contribution in [-0.4, -0.2) is 46.7 Å². The molecule has 0 spiro atoms. The maximum atomic E-state index is 12.3. The quantitative estimate of drug-likeness (QED) is 0.0585. The molecule has 2 amide bonds. The average Bonchev–Trinajstić information content (AvgIpc) is 3.57. The van der Waals surface area contributed by atoms with Gasteiger partial charge in [-0.1, -0.05) is 100 Å². The molecule has 8 nitrogen and oxygen atoms in total. The molecule has 0 bridgehead atoms. The van der Waals surface area contributed by atoms with E-state index in [1.54, 1.807) is 0 Å². The fraction of sp³-hybridized carbons (Fsp3) is 0.423. The number of benzene rings is 3. The lowest BCUT2D eigenvalue weighted by Crippen LogP contribution is -2.30. The number of carbonyl (C=O) groups excluding carboxylic acids is 3. The summed E-state index contributed by atoms with van der Waals surface area (Å²) < 4.78 is 9.29. The van der Waals surface area contributed by atoms with Crippen molar-refractivity contribution in [1.82, 2.24) is 5.06 Å². The highest BCUT2D eigenvalue weighted by Gasteiger charge is 2.44. The molecule has 60 heavy (non-hydrogen) atoms. The molecular weight excluding hydrogens is 747 g/mol. The molecule has 0 unspecified atom stereocenters. The van der Waals surface area contributed by atoms with Gasteiger partial charge in [-0.15, -0.1) is 5.06 Å². The van der Waals surface area contributed by atoms with Gasteiger partial charge in [0.15, 0.2) is 5.71 Å². The van der Waals surface area contributed by atoms with Gasteiger partial charge in [0.1, 0.15) is 18.1 Å². The highest BCUT2D eigenvalue weighted by Crippen LogP contribution is 2.48. The molecule has 8 heteroatoms. The first kappa shape index (κ1) is 44.1. The van der Waals surface area contributed by atoms with E-state index in [9.17, 15) is 14.4 Å². The summed E-state index contributed by atoms with van der Waals surface area (Å²) in [7, 11) is 0. The Morgan fingerprint density at radius 1 is 0.833 bits per heavy atom. The third-order valence-electron chi connectivity index (χ3n) is 12.3. The number of imide groups is 1. The van der Waals surface area contributed by atoms with E-state index in [1.165, 1.54) is 76.8 Å². The van der Waals surface area contributed by atoms with Crippen molar-refractivity contribution in [3.8, 4) is 5.75 Å². The van der Waals surface area contributed by atoms with Crippen LogP contribution in [0, 0.1) is 6.92 Å². The number of rotatable bonds is 17. The van der Waals surface area contributed by atoms with Gasteiger partial charge in [-0.05, 0) is 106 Å². The topological polar surface area (TPSA) is 79.2 Å². The predicted octanol–water partition coefficient (Wildman–Crippen LogP) is 11.7. The summed E-state index contributed by atoms with van der Waals surface area (Å²) in [6.07, 6.45) is 19.6. The second-order valence-corrected chi connectivity index (χ2v) is 17.5. The van der Waals surface area contributed by atoms with Crippen LogP contribution >= 0.6 is 0 Å². The van der Waals surface area contributed by atoms with Gasteiger partial charge in [0, 0.05) is 60.8 Å². The lowest BCUT2D eigenvalue weighted by atomic mass is 9.81. The lowest BCUT2D eigenvalue weighted by Gasteiger charge is -2.27. The van der Waals surface area contributed by atoms with Crippen molar-refractivity contribution in [2.24, 2.45) is 0 Å². The van der Waals surface area contributed by atoms with E-state index in [0.717, 1.165) is 63.1 Å². The van der Waals surface area contributed by atoms with Crippen LogP contribution in [0.2, 0.25) is 0 Å². The van der Waals surface area contributed by atoms with E-state index in [-0.39, 0.29) is 23.7 Å². The monoisotopic (exact) mass is 810 g/mol. The van der Waals surface area contributed by atoms with Crippen molar-refractivity contribution < 1.29 is 28.5 Å². The Labute approximate surface area is 357 Å². The van der Waals surface area contributed by atoms with E-state index < -0.39 is 11.9 Å². The van der Waals surface area contributed by atoms with Crippen LogP contribution in [0.15, 0.2) is 120 Å². The molecule has 0 aromatic heterocycles.